The molecule has 1 N–H and O–H groups in total. The molecule has 0 fully saturated rings. The van der Waals surface area contributed by atoms with Gasteiger partial charge in [-0.2, -0.15) is 0 Å². The number of nitrogens with one attached hydrogen (secondary N) is 1. The van der Waals surface area contributed by atoms with Crippen LogP contribution in [0.2, 0.25) is 0 Å². The van der Waals surface area contributed by atoms with E-state index in [2.05, 4.69) is 5.32 Å². The molecule has 160 valence electrons. The van der Waals surface area contributed by atoms with Crippen LogP contribution in [-0.2, 0) is 29.1 Å². The maximum absolute atomic E-state index is 13.3. The molecule has 0 aliphatic carbocycles. The van der Waals surface area contributed by atoms with Gasteiger partial charge in [-0.05, 0) is 23.6 Å². The maximum atomic E-state index is 13.3. The van der Waals surface area contributed by atoms with Crippen molar-refractivity contribution in [1.29, 1.82) is 0 Å². The molecule has 0 spiro atoms. The summed E-state index contributed by atoms with van der Waals surface area (Å²) in [5.74, 6) is -0.169. The molecule has 4 nitrogen and oxygen atoms in total. The van der Waals surface area contributed by atoms with Gasteiger partial charge in [0.1, 0.15) is 6.04 Å². The average Bonchev–Trinajstić information content (AvgIpc) is 2.81. The Kier molecular flexibility index (Phi) is 7.99. The highest BCUT2D eigenvalue weighted by molar-refractivity contribution is 5.87. The summed E-state index contributed by atoms with van der Waals surface area (Å²) in [5, 5.41) is 3.05. The third-order valence-electron chi connectivity index (χ3n) is 5.36. The Morgan fingerprint density at radius 3 is 1.97 bits per heavy atom. The predicted octanol–water partition coefficient (Wildman–Crippen LogP) is 4.66. The second kappa shape index (κ2) is 11.1. The van der Waals surface area contributed by atoms with Gasteiger partial charge in [0.15, 0.2) is 0 Å². The fourth-order valence-corrected chi connectivity index (χ4v) is 3.55. The Morgan fingerprint density at radius 2 is 1.39 bits per heavy atom. The Labute approximate surface area is 184 Å². The van der Waals surface area contributed by atoms with E-state index in [1.54, 1.807) is 4.90 Å². The third-order valence-corrected chi connectivity index (χ3v) is 5.36. The van der Waals surface area contributed by atoms with Crippen molar-refractivity contribution < 1.29 is 9.59 Å². The molecule has 3 rings (SSSR count). The molecule has 1 atom stereocenters. The lowest BCUT2D eigenvalue weighted by Gasteiger charge is -2.31. The Balaban J connectivity index is 1.83. The van der Waals surface area contributed by atoms with Gasteiger partial charge in [-0.15, -0.1) is 0 Å². The summed E-state index contributed by atoms with van der Waals surface area (Å²) in [7, 11) is 0. The smallest absolute Gasteiger partial charge is 0.243 e. The van der Waals surface area contributed by atoms with Crippen molar-refractivity contribution in [1.82, 2.24) is 10.2 Å². The molecule has 4 heteroatoms. The van der Waals surface area contributed by atoms with Gasteiger partial charge < -0.3 is 10.2 Å². The lowest BCUT2D eigenvalue weighted by molar-refractivity contribution is -0.141. The lowest BCUT2D eigenvalue weighted by atomic mass is 10.0. The van der Waals surface area contributed by atoms with E-state index in [1.807, 2.05) is 98.8 Å². The topological polar surface area (TPSA) is 49.4 Å². The van der Waals surface area contributed by atoms with Gasteiger partial charge in [0.05, 0.1) is 0 Å². The van der Waals surface area contributed by atoms with Crippen molar-refractivity contribution in [2.45, 2.75) is 45.8 Å². The van der Waals surface area contributed by atoms with Crippen molar-refractivity contribution in [3.8, 4) is 0 Å². The van der Waals surface area contributed by atoms with E-state index in [0.29, 0.717) is 25.9 Å². The number of rotatable bonds is 9. The molecule has 3 aromatic carbocycles. The van der Waals surface area contributed by atoms with Crippen molar-refractivity contribution in [3.63, 3.8) is 0 Å². The normalized spacial score (nSPS) is 11.5. The van der Waals surface area contributed by atoms with E-state index >= 15 is 0 Å². The molecule has 0 radical (unpaired) electrons. The zero-order valence-electron chi connectivity index (χ0n) is 18.3. The number of carbonyl (C=O) groups is 2. The number of hydrogen-bond donors (Lipinski definition) is 1. The van der Waals surface area contributed by atoms with Crippen LogP contribution in [0.15, 0.2) is 84.9 Å². The van der Waals surface area contributed by atoms with Crippen molar-refractivity contribution in [2.24, 2.45) is 0 Å². The first-order valence-electron chi connectivity index (χ1n) is 10.8. The number of aryl methyl sites for hydroxylation is 1. The van der Waals surface area contributed by atoms with Crippen molar-refractivity contribution >= 4 is 11.8 Å². The van der Waals surface area contributed by atoms with E-state index < -0.39 is 6.04 Å². The minimum Gasteiger partial charge on any atom is -0.350 e. The number of benzene rings is 3. The maximum Gasteiger partial charge on any atom is 0.243 e. The number of carbonyl (C=O) groups excluding carboxylic acids is 2. The monoisotopic (exact) mass is 414 g/mol. The first-order valence-corrected chi connectivity index (χ1v) is 10.8. The third kappa shape index (κ3) is 6.54. The molecule has 0 aliphatic heterocycles. The fraction of sp³-hybridized carbons (Fsp3) is 0.259. The molecule has 0 saturated carbocycles. The van der Waals surface area contributed by atoms with Gasteiger partial charge >= 0.3 is 0 Å². The highest BCUT2D eigenvalue weighted by Gasteiger charge is 2.29. The van der Waals surface area contributed by atoms with E-state index in [4.69, 9.17) is 0 Å². The molecule has 0 aliphatic rings. The molecular weight excluding hydrogens is 384 g/mol. The SMILES string of the molecule is CCC(=O)N(Cc1ccccc1)C(Cc1ccccc1)C(=O)NCc1ccc(C)cc1. The summed E-state index contributed by atoms with van der Waals surface area (Å²) in [6, 6.07) is 27.2. The Bertz CT molecular complexity index is 969. The van der Waals surface area contributed by atoms with E-state index in [1.165, 1.54) is 5.56 Å². The van der Waals surface area contributed by atoms with Crippen LogP contribution in [0.3, 0.4) is 0 Å². The first-order chi connectivity index (χ1) is 15.1. The van der Waals surface area contributed by atoms with Crippen molar-refractivity contribution in [2.75, 3.05) is 0 Å². The van der Waals surface area contributed by atoms with Gasteiger partial charge in [0.25, 0.3) is 0 Å². The number of hydrogen-bond acceptors (Lipinski definition) is 2. The molecule has 2 amide bonds. The highest BCUT2D eigenvalue weighted by atomic mass is 16.2. The van der Waals surface area contributed by atoms with Crippen LogP contribution in [-0.4, -0.2) is 22.8 Å². The molecule has 31 heavy (non-hydrogen) atoms. The Hall–Kier alpha value is -3.40. The van der Waals surface area contributed by atoms with Gasteiger partial charge in [0.2, 0.25) is 11.8 Å². The summed E-state index contributed by atoms with van der Waals surface area (Å²) in [5.41, 5.74) is 4.25. The van der Waals surface area contributed by atoms with Gasteiger partial charge in [0, 0.05) is 25.9 Å². The van der Waals surface area contributed by atoms with E-state index in [0.717, 1.165) is 16.7 Å². The van der Waals surface area contributed by atoms with Crippen LogP contribution < -0.4 is 5.32 Å². The summed E-state index contributed by atoms with van der Waals surface area (Å²) in [4.78, 5) is 28.0. The zero-order chi connectivity index (χ0) is 22.1. The van der Waals surface area contributed by atoms with Crippen LogP contribution in [0.4, 0.5) is 0 Å². The molecule has 0 aromatic heterocycles. The number of amides is 2. The van der Waals surface area contributed by atoms with E-state index in [-0.39, 0.29) is 11.8 Å². The van der Waals surface area contributed by atoms with Crippen LogP contribution in [0.1, 0.15) is 35.6 Å². The van der Waals surface area contributed by atoms with Crippen LogP contribution in [0, 0.1) is 6.92 Å². The summed E-state index contributed by atoms with van der Waals surface area (Å²) >= 11 is 0. The summed E-state index contributed by atoms with van der Waals surface area (Å²) in [6.07, 6.45) is 0.822. The predicted molar refractivity (Wildman–Crippen MR) is 124 cm³/mol. The molecule has 3 aromatic rings. The average molecular weight is 415 g/mol. The first kappa shape index (κ1) is 22.3. The minimum atomic E-state index is -0.583. The quantitative estimate of drug-likeness (QED) is 0.554. The zero-order valence-corrected chi connectivity index (χ0v) is 18.3. The summed E-state index contributed by atoms with van der Waals surface area (Å²) in [6.45, 7) is 4.72. The second-order valence-electron chi connectivity index (χ2n) is 7.77. The van der Waals surface area contributed by atoms with Gasteiger partial charge in [-0.25, -0.2) is 0 Å². The van der Waals surface area contributed by atoms with Crippen molar-refractivity contribution in [3.05, 3.63) is 107 Å². The van der Waals surface area contributed by atoms with Gasteiger partial charge in [-0.1, -0.05) is 97.4 Å². The molecule has 1 unspecified atom stereocenters. The van der Waals surface area contributed by atoms with Crippen LogP contribution in [0.5, 0.6) is 0 Å². The van der Waals surface area contributed by atoms with Crippen LogP contribution >= 0.6 is 0 Å². The number of nitrogens with zero attached hydrogens (tertiary/aromatic N) is 1. The van der Waals surface area contributed by atoms with Gasteiger partial charge in [-0.3, -0.25) is 9.59 Å². The fourth-order valence-electron chi connectivity index (χ4n) is 3.55. The molecule has 0 saturated heterocycles. The Morgan fingerprint density at radius 1 is 0.806 bits per heavy atom. The molecule has 0 bridgehead atoms. The highest BCUT2D eigenvalue weighted by Crippen LogP contribution is 2.16. The molecular formula is C27H30N2O2. The molecule has 0 heterocycles. The largest absolute Gasteiger partial charge is 0.350 e. The summed E-state index contributed by atoms with van der Waals surface area (Å²) < 4.78 is 0. The second-order valence-corrected chi connectivity index (χ2v) is 7.77. The lowest BCUT2D eigenvalue weighted by Crippen LogP contribution is -2.50. The van der Waals surface area contributed by atoms with Crippen LogP contribution in [0.25, 0.3) is 0 Å². The van der Waals surface area contributed by atoms with E-state index in [9.17, 15) is 9.59 Å². The minimum absolute atomic E-state index is 0.0322. The standard InChI is InChI=1S/C27H30N2O2/c1-3-26(30)29(20-24-12-8-5-9-13-24)25(18-22-10-6-4-7-11-22)27(31)28-19-23-16-14-21(2)15-17-23/h4-17,25H,3,18-20H2,1-2H3,(H,28,31).